The second-order valence-corrected chi connectivity index (χ2v) is 5.14. The van der Waals surface area contributed by atoms with Gasteiger partial charge in [0, 0.05) is 0 Å². The summed E-state index contributed by atoms with van der Waals surface area (Å²) in [6, 6.07) is 0. The fourth-order valence-corrected chi connectivity index (χ4v) is 2.43. The Morgan fingerprint density at radius 2 is 1.75 bits per heavy atom. The third kappa shape index (κ3) is 5.46. The van der Waals surface area contributed by atoms with E-state index in [1.165, 1.54) is 0 Å². The van der Waals surface area contributed by atoms with Crippen molar-refractivity contribution in [1.29, 1.82) is 0 Å². The van der Waals surface area contributed by atoms with Crippen molar-refractivity contribution in [2.45, 2.75) is 26.7 Å². The first-order chi connectivity index (χ1) is 5.37. The first-order valence-corrected chi connectivity index (χ1v) is 5.68. The van der Waals surface area contributed by atoms with E-state index in [1.807, 2.05) is 6.92 Å². The maximum absolute atomic E-state index is 11.7. The van der Waals surface area contributed by atoms with Gasteiger partial charge in [0.05, 0.1) is 5.75 Å². The molecule has 0 aromatic carbocycles. The predicted molar refractivity (Wildman–Crippen MR) is 44.1 cm³/mol. The molecule has 0 saturated heterocycles. The molecule has 0 radical (unpaired) electrons. The van der Waals surface area contributed by atoms with Crippen LogP contribution >= 0.6 is 0 Å². The predicted octanol–water partition coefficient (Wildman–Crippen LogP) is 1.71. The van der Waals surface area contributed by atoms with Crippen LogP contribution in [0.25, 0.3) is 0 Å². The third-order valence-electron chi connectivity index (χ3n) is 1.62. The molecular weight excluding hydrogens is 186 g/mol. The van der Waals surface area contributed by atoms with Crippen LogP contribution in [0, 0.1) is 5.92 Å². The van der Waals surface area contributed by atoms with Crippen LogP contribution in [0.2, 0.25) is 0 Å². The molecule has 0 rings (SSSR count). The number of rotatable bonds is 5. The molecule has 1 atom stereocenters. The smallest absolute Gasteiger partial charge is 0.229 e. The molecule has 0 aliphatic carbocycles. The number of alkyl halides is 2. The highest BCUT2D eigenvalue weighted by atomic mass is 32.2. The molecule has 0 amide bonds. The van der Waals surface area contributed by atoms with Gasteiger partial charge in [0.1, 0.15) is 5.75 Å². The topological polar surface area (TPSA) is 34.1 Å². The lowest BCUT2D eigenvalue weighted by atomic mass is 10.2. The Morgan fingerprint density at radius 1 is 1.25 bits per heavy atom. The van der Waals surface area contributed by atoms with Crippen LogP contribution in [0.3, 0.4) is 0 Å². The zero-order chi connectivity index (χ0) is 9.78. The van der Waals surface area contributed by atoms with Gasteiger partial charge in [-0.1, -0.05) is 20.3 Å². The fourth-order valence-electron chi connectivity index (χ4n) is 0.811. The molecule has 0 heterocycles. The molecule has 1 unspecified atom stereocenters. The highest BCUT2D eigenvalue weighted by Crippen LogP contribution is 2.08. The van der Waals surface area contributed by atoms with E-state index < -0.39 is 22.0 Å². The first-order valence-electron chi connectivity index (χ1n) is 3.86. The van der Waals surface area contributed by atoms with Gasteiger partial charge in [0.15, 0.2) is 9.84 Å². The van der Waals surface area contributed by atoms with E-state index in [1.54, 1.807) is 6.92 Å². The van der Waals surface area contributed by atoms with Gasteiger partial charge < -0.3 is 0 Å². The Morgan fingerprint density at radius 3 is 2.08 bits per heavy atom. The Bertz CT molecular complexity index is 211. The largest absolute Gasteiger partial charge is 0.252 e. The maximum Gasteiger partial charge on any atom is 0.252 e. The monoisotopic (exact) mass is 200 g/mol. The molecule has 0 aliphatic heterocycles. The van der Waals surface area contributed by atoms with Gasteiger partial charge in [-0.25, -0.2) is 17.2 Å². The van der Waals surface area contributed by atoms with Crippen molar-refractivity contribution >= 4 is 9.84 Å². The molecular formula is C7H14F2O2S. The highest BCUT2D eigenvalue weighted by molar-refractivity contribution is 7.91. The quantitative estimate of drug-likeness (QED) is 0.677. The highest BCUT2D eigenvalue weighted by Gasteiger charge is 2.19. The van der Waals surface area contributed by atoms with Gasteiger partial charge in [0.25, 0.3) is 6.43 Å². The number of halogens is 2. The average molecular weight is 200 g/mol. The van der Waals surface area contributed by atoms with Crippen molar-refractivity contribution in [2.24, 2.45) is 5.92 Å². The van der Waals surface area contributed by atoms with Crippen LogP contribution in [-0.2, 0) is 9.84 Å². The summed E-state index contributed by atoms with van der Waals surface area (Å²) in [6.45, 7) is 3.57. The fraction of sp³-hybridized carbons (Fsp3) is 1.00. The van der Waals surface area contributed by atoms with E-state index in [0.717, 1.165) is 0 Å². The van der Waals surface area contributed by atoms with E-state index >= 15 is 0 Å². The summed E-state index contributed by atoms with van der Waals surface area (Å²) in [5.41, 5.74) is 0. The van der Waals surface area contributed by atoms with Gasteiger partial charge >= 0.3 is 0 Å². The van der Waals surface area contributed by atoms with Crippen molar-refractivity contribution in [3.63, 3.8) is 0 Å². The third-order valence-corrected chi connectivity index (χ3v) is 3.45. The van der Waals surface area contributed by atoms with Crippen molar-refractivity contribution < 1.29 is 17.2 Å². The van der Waals surface area contributed by atoms with E-state index in [0.29, 0.717) is 6.42 Å². The molecule has 0 aromatic heterocycles. The second kappa shape index (κ2) is 4.74. The minimum Gasteiger partial charge on any atom is -0.229 e. The first kappa shape index (κ1) is 11.8. The van der Waals surface area contributed by atoms with Gasteiger partial charge in [-0.3, -0.25) is 0 Å². The van der Waals surface area contributed by atoms with Gasteiger partial charge in [0.2, 0.25) is 0 Å². The van der Waals surface area contributed by atoms with E-state index in [9.17, 15) is 17.2 Å². The molecule has 0 aliphatic rings. The number of sulfone groups is 1. The molecule has 0 spiro atoms. The van der Waals surface area contributed by atoms with Crippen molar-refractivity contribution in [3.05, 3.63) is 0 Å². The summed E-state index contributed by atoms with van der Waals surface area (Å²) in [5, 5.41) is 0. The molecule has 74 valence electrons. The zero-order valence-electron chi connectivity index (χ0n) is 7.26. The van der Waals surface area contributed by atoms with E-state index in [-0.39, 0.29) is 11.7 Å². The summed E-state index contributed by atoms with van der Waals surface area (Å²) < 4.78 is 45.3. The number of hydrogen-bond donors (Lipinski definition) is 0. The maximum atomic E-state index is 11.7. The standard InChI is InChI=1S/C7H14F2O2S/c1-3-6(2)4-12(10,11)5-7(8)9/h6-7H,3-5H2,1-2H3. The minimum absolute atomic E-state index is 0.0336. The average Bonchev–Trinajstić information content (AvgIpc) is 1.83. The SMILES string of the molecule is CCC(C)CS(=O)(=O)CC(F)F. The number of hydrogen-bond acceptors (Lipinski definition) is 2. The molecule has 0 saturated carbocycles. The lowest BCUT2D eigenvalue weighted by Crippen LogP contribution is -2.20. The summed E-state index contributed by atoms with van der Waals surface area (Å²) in [4.78, 5) is 0. The van der Waals surface area contributed by atoms with Gasteiger partial charge in [-0.2, -0.15) is 0 Å². The molecule has 0 aromatic rings. The van der Waals surface area contributed by atoms with Crippen molar-refractivity contribution in [1.82, 2.24) is 0 Å². The lowest BCUT2D eigenvalue weighted by Gasteiger charge is -2.08. The summed E-state index contributed by atoms with van der Waals surface area (Å²) in [6.07, 6.45) is -2.05. The van der Waals surface area contributed by atoms with Gasteiger partial charge in [-0.05, 0) is 5.92 Å². The van der Waals surface area contributed by atoms with Crippen molar-refractivity contribution in [2.75, 3.05) is 11.5 Å². The summed E-state index contributed by atoms with van der Waals surface area (Å²) >= 11 is 0. The molecule has 12 heavy (non-hydrogen) atoms. The van der Waals surface area contributed by atoms with Crippen LogP contribution in [-0.4, -0.2) is 26.3 Å². The van der Waals surface area contributed by atoms with Crippen LogP contribution in [0.15, 0.2) is 0 Å². The van der Waals surface area contributed by atoms with Gasteiger partial charge in [-0.15, -0.1) is 0 Å². The Labute approximate surface area is 71.9 Å². The van der Waals surface area contributed by atoms with Crippen LogP contribution in [0.1, 0.15) is 20.3 Å². The molecule has 0 bridgehead atoms. The van der Waals surface area contributed by atoms with E-state index in [2.05, 4.69) is 0 Å². The molecule has 0 N–H and O–H groups in total. The summed E-state index contributed by atoms with van der Waals surface area (Å²) in [7, 11) is -3.54. The Hall–Kier alpha value is -0.190. The van der Waals surface area contributed by atoms with Crippen LogP contribution in [0.5, 0.6) is 0 Å². The normalized spacial score (nSPS) is 15.1. The second-order valence-electron chi connectivity index (χ2n) is 2.98. The zero-order valence-corrected chi connectivity index (χ0v) is 8.07. The Balaban J connectivity index is 4.05. The lowest BCUT2D eigenvalue weighted by molar-refractivity contribution is 0.174. The summed E-state index contributed by atoms with van der Waals surface area (Å²) in [5.74, 6) is -1.17. The van der Waals surface area contributed by atoms with E-state index in [4.69, 9.17) is 0 Å². The molecule has 5 heteroatoms. The Kier molecular flexibility index (Phi) is 4.67. The van der Waals surface area contributed by atoms with Crippen LogP contribution < -0.4 is 0 Å². The molecule has 2 nitrogen and oxygen atoms in total. The minimum atomic E-state index is -3.54. The molecule has 0 fully saturated rings. The van der Waals surface area contributed by atoms with Crippen LogP contribution in [0.4, 0.5) is 8.78 Å². The van der Waals surface area contributed by atoms with Crippen molar-refractivity contribution in [3.8, 4) is 0 Å².